The zero-order chi connectivity index (χ0) is 24.3. The molecule has 0 radical (unpaired) electrons. The van der Waals surface area contributed by atoms with Gasteiger partial charge in [0.25, 0.3) is 0 Å². The predicted octanol–water partition coefficient (Wildman–Crippen LogP) is -2.31. The number of nitrogens with zero attached hydrogens (tertiary/aromatic N) is 2. The van der Waals surface area contributed by atoms with Crippen molar-refractivity contribution in [3.8, 4) is 0 Å². The molecule has 0 bridgehead atoms. The quantitative estimate of drug-likeness (QED) is 0.128. The van der Waals surface area contributed by atoms with Gasteiger partial charge in [0.15, 0.2) is 0 Å². The lowest BCUT2D eigenvalue weighted by molar-refractivity contribution is -0.914. The van der Waals surface area contributed by atoms with Crippen molar-refractivity contribution in [1.29, 1.82) is 0 Å². The second-order valence-corrected chi connectivity index (χ2v) is 11.5. The Morgan fingerprint density at radius 2 is 0.944 bits per heavy atom. The molecule has 208 valence electrons. The van der Waals surface area contributed by atoms with E-state index in [1.54, 1.807) is 0 Å². The van der Waals surface area contributed by atoms with Crippen molar-refractivity contribution < 1.29 is 52.5 Å². The lowest BCUT2D eigenvalue weighted by Gasteiger charge is -2.37. The van der Waals surface area contributed by atoms with Crippen LogP contribution in [0.5, 0.6) is 0 Å². The number of carbonyl (C=O) groups excluding carboxylic acids is 2. The minimum atomic E-state index is -0.0870. The Bertz CT molecular complexity index is 680. The number of nitrogens with one attached hydrogen (secondary N) is 2. The van der Waals surface area contributed by atoms with E-state index in [4.69, 9.17) is 0 Å². The van der Waals surface area contributed by atoms with E-state index in [0.717, 1.165) is 38.8 Å². The van der Waals surface area contributed by atoms with E-state index in [2.05, 4.69) is 24.7 Å². The molecule has 36 heavy (non-hydrogen) atoms. The number of piperidine rings is 2. The highest BCUT2D eigenvalue weighted by Crippen LogP contribution is 2.18. The van der Waals surface area contributed by atoms with Crippen molar-refractivity contribution in [3.63, 3.8) is 0 Å². The number of likely N-dealkylation sites (tertiary alicyclic amines) is 2. The van der Waals surface area contributed by atoms with Gasteiger partial charge in [-0.15, -0.1) is 0 Å². The van der Waals surface area contributed by atoms with E-state index < -0.39 is 0 Å². The van der Waals surface area contributed by atoms with E-state index in [9.17, 15) is 9.59 Å². The van der Waals surface area contributed by atoms with Crippen LogP contribution in [-0.2, 0) is 9.59 Å². The monoisotopic (exact) mass is 632 g/mol. The fourth-order valence-corrected chi connectivity index (χ4v) is 5.87. The summed E-state index contributed by atoms with van der Waals surface area (Å²) in [4.78, 5) is 24.9. The first kappa shape index (κ1) is 33.3. The number of rotatable bonds is 14. The molecule has 1 aliphatic carbocycles. The molecule has 0 spiro atoms. The molecule has 6 nitrogen and oxygen atoms in total. The van der Waals surface area contributed by atoms with Gasteiger partial charge in [-0.3, -0.25) is 9.59 Å². The van der Waals surface area contributed by atoms with Crippen molar-refractivity contribution >= 4 is 11.6 Å². The molecule has 3 rings (SSSR count). The van der Waals surface area contributed by atoms with Crippen molar-refractivity contribution in [3.05, 3.63) is 23.5 Å². The van der Waals surface area contributed by atoms with Gasteiger partial charge >= 0.3 is 0 Å². The standard InChI is InChI=1S/C28H48N4O2.2BrH/c1-31(19-11-5-12-20-31)17-9-3-7-15-29-25-23-28(34)26(24-27(25)33)30-16-8-4-10-18-32(2)21-13-6-14-22-32;;/h23-24H,3-22H2,1-2H3;2*1H. The Morgan fingerprint density at radius 3 is 1.31 bits per heavy atom. The largest absolute Gasteiger partial charge is 1.00 e. The molecule has 0 aromatic heterocycles. The molecule has 0 atom stereocenters. The third-order valence-electron chi connectivity index (χ3n) is 8.25. The lowest BCUT2D eigenvalue weighted by atomic mass is 10.1. The normalized spacial score (nSPS) is 20.9. The molecular formula is C28H50Br2N4O2. The fraction of sp³-hybridized carbons (Fsp3) is 0.786. The summed E-state index contributed by atoms with van der Waals surface area (Å²) in [7, 11) is 4.78. The van der Waals surface area contributed by atoms with Crippen molar-refractivity contribution in [2.75, 3.05) is 66.5 Å². The van der Waals surface area contributed by atoms with Gasteiger partial charge in [0.1, 0.15) is 0 Å². The molecule has 0 saturated carbocycles. The molecular weight excluding hydrogens is 584 g/mol. The second kappa shape index (κ2) is 17.0. The molecule has 0 aromatic rings. The fourth-order valence-electron chi connectivity index (χ4n) is 5.87. The van der Waals surface area contributed by atoms with Crippen LogP contribution in [0.4, 0.5) is 0 Å². The maximum atomic E-state index is 12.5. The van der Waals surface area contributed by atoms with Crippen LogP contribution < -0.4 is 44.6 Å². The summed E-state index contributed by atoms with van der Waals surface area (Å²) < 4.78 is 2.45. The maximum absolute atomic E-state index is 12.5. The highest BCUT2D eigenvalue weighted by atomic mass is 79.9. The first-order chi connectivity index (χ1) is 16.4. The molecule has 0 aromatic carbocycles. The number of allylic oxidation sites excluding steroid dienone is 2. The number of carbonyl (C=O) groups is 2. The van der Waals surface area contributed by atoms with Crippen LogP contribution in [0.25, 0.3) is 0 Å². The number of unbranched alkanes of at least 4 members (excludes halogenated alkanes) is 4. The van der Waals surface area contributed by atoms with E-state index >= 15 is 0 Å². The van der Waals surface area contributed by atoms with Gasteiger partial charge in [-0.25, -0.2) is 0 Å². The van der Waals surface area contributed by atoms with Crippen LogP contribution in [0.15, 0.2) is 23.5 Å². The molecule has 0 unspecified atom stereocenters. The third kappa shape index (κ3) is 11.4. The molecule has 2 aliphatic heterocycles. The van der Waals surface area contributed by atoms with Gasteiger partial charge in [-0.2, -0.15) is 0 Å². The van der Waals surface area contributed by atoms with Crippen molar-refractivity contribution in [2.45, 2.75) is 77.0 Å². The summed E-state index contributed by atoms with van der Waals surface area (Å²) >= 11 is 0. The average molecular weight is 635 g/mol. The van der Waals surface area contributed by atoms with Crippen LogP contribution >= 0.6 is 0 Å². The number of halogens is 2. The summed E-state index contributed by atoms with van der Waals surface area (Å²) in [5.74, 6) is -0.174. The Kier molecular flexibility index (Phi) is 15.7. The minimum Gasteiger partial charge on any atom is -1.00 e. The topological polar surface area (TPSA) is 58.2 Å². The Labute approximate surface area is 241 Å². The van der Waals surface area contributed by atoms with E-state index in [1.807, 2.05) is 0 Å². The summed E-state index contributed by atoms with van der Waals surface area (Å²) in [6, 6.07) is 0. The summed E-state index contributed by atoms with van der Waals surface area (Å²) in [6.07, 6.45) is 18.1. The van der Waals surface area contributed by atoms with Gasteiger partial charge in [0, 0.05) is 25.2 Å². The van der Waals surface area contributed by atoms with Gasteiger partial charge in [-0.05, 0) is 77.0 Å². The van der Waals surface area contributed by atoms with Crippen LogP contribution in [0.3, 0.4) is 0 Å². The zero-order valence-electron chi connectivity index (χ0n) is 22.8. The first-order valence-corrected chi connectivity index (χ1v) is 14.1. The SMILES string of the molecule is C[N+]1(CCCCCNC2=CC(=O)C(NCCCCC[N+]3(C)CCCCC3)=CC2=O)CCCCC1.[Br-].[Br-]. The van der Waals surface area contributed by atoms with Crippen LogP contribution in [0.2, 0.25) is 0 Å². The van der Waals surface area contributed by atoms with Gasteiger partial charge < -0.3 is 53.6 Å². The molecule has 2 fully saturated rings. The van der Waals surface area contributed by atoms with E-state index in [0.29, 0.717) is 11.4 Å². The number of quaternary nitrogens is 2. The van der Waals surface area contributed by atoms with Crippen LogP contribution in [0.1, 0.15) is 77.0 Å². The van der Waals surface area contributed by atoms with Crippen molar-refractivity contribution in [1.82, 2.24) is 10.6 Å². The minimum absolute atomic E-state index is 0. The number of ketones is 2. The van der Waals surface area contributed by atoms with Crippen molar-refractivity contribution in [2.24, 2.45) is 0 Å². The molecule has 0 amide bonds. The molecule has 2 saturated heterocycles. The molecule has 8 heteroatoms. The van der Waals surface area contributed by atoms with E-state index in [-0.39, 0.29) is 45.5 Å². The highest BCUT2D eigenvalue weighted by Gasteiger charge is 2.25. The Hall–Kier alpha value is -0.700. The maximum Gasteiger partial charge on any atom is 0.203 e. The second-order valence-electron chi connectivity index (χ2n) is 11.5. The predicted molar refractivity (Wildman–Crippen MR) is 139 cm³/mol. The number of hydrogen-bond acceptors (Lipinski definition) is 4. The molecule has 3 aliphatic rings. The summed E-state index contributed by atoms with van der Waals surface area (Å²) in [5, 5.41) is 6.40. The summed E-state index contributed by atoms with van der Waals surface area (Å²) in [5.41, 5.74) is 0.896. The van der Waals surface area contributed by atoms with Gasteiger partial charge in [0.05, 0.1) is 64.8 Å². The summed E-state index contributed by atoms with van der Waals surface area (Å²) in [6.45, 7) is 9.32. The van der Waals surface area contributed by atoms with Crippen LogP contribution in [-0.4, -0.2) is 87.0 Å². The molecule has 2 heterocycles. The third-order valence-corrected chi connectivity index (χ3v) is 8.25. The number of hydrogen-bond donors (Lipinski definition) is 2. The Balaban J connectivity index is 0.00000324. The first-order valence-electron chi connectivity index (χ1n) is 14.1. The zero-order valence-corrected chi connectivity index (χ0v) is 25.9. The highest BCUT2D eigenvalue weighted by molar-refractivity contribution is 6.19. The van der Waals surface area contributed by atoms with Gasteiger partial charge in [-0.1, -0.05) is 0 Å². The lowest BCUT2D eigenvalue weighted by Crippen LogP contribution is -3.00. The van der Waals surface area contributed by atoms with Gasteiger partial charge in [0.2, 0.25) is 11.6 Å². The Morgan fingerprint density at radius 1 is 0.583 bits per heavy atom. The average Bonchev–Trinajstić information content (AvgIpc) is 2.82. The molecule has 2 N–H and O–H groups in total. The van der Waals surface area contributed by atoms with Crippen LogP contribution in [0, 0.1) is 0 Å². The smallest absolute Gasteiger partial charge is 0.203 e. The van der Waals surface area contributed by atoms with E-state index in [1.165, 1.54) is 112 Å².